The average Bonchev–Trinajstić information content (AvgIpc) is 3.24. The first-order chi connectivity index (χ1) is 30.0. The van der Waals surface area contributed by atoms with Crippen molar-refractivity contribution in [3.63, 3.8) is 0 Å². The SMILES string of the molecule is CCCCC/C=C\C/C=C\C/C=C\C=C\[C@@H](O)CCCC(=O)OC[C@H](COP(=O)(O)OC[C@@H](O)CO)OC(=O)CCCCCCCCCCCCCCCCCCCCC(C)C. The zero-order valence-electron chi connectivity index (χ0n) is 39.4. The van der Waals surface area contributed by atoms with E-state index in [2.05, 4.69) is 49.6 Å². The van der Waals surface area contributed by atoms with E-state index in [1.165, 1.54) is 116 Å². The third-order valence-electron chi connectivity index (χ3n) is 10.5. The monoisotopic (exact) mass is 899 g/mol. The van der Waals surface area contributed by atoms with E-state index in [1.807, 2.05) is 12.2 Å². The fraction of sp³-hybridized carbons (Fsp3) is 0.800. The van der Waals surface area contributed by atoms with Crippen molar-refractivity contribution in [1.82, 2.24) is 0 Å². The molecule has 0 aliphatic rings. The molecule has 4 N–H and O–H groups in total. The Morgan fingerprint density at radius 1 is 0.581 bits per heavy atom. The van der Waals surface area contributed by atoms with E-state index < -0.39 is 64.5 Å². The van der Waals surface area contributed by atoms with Gasteiger partial charge in [-0.05, 0) is 50.9 Å². The average molecular weight is 899 g/mol. The van der Waals surface area contributed by atoms with Crippen molar-refractivity contribution >= 4 is 19.8 Å². The lowest BCUT2D eigenvalue weighted by molar-refractivity contribution is -0.161. The van der Waals surface area contributed by atoms with Gasteiger partial charge < -0.3 is 29.7 Å². The maximum atomic E-state index is 12.7. The number of carbonyl (C=O) groups is 2. The van der Waals surface area contributed by atoms with E-state index in [-0.39, 0.29) is 12.8 Å². The quantitative estimate of drug-likeness (QED) is 0.0151. The van der Waals surface area contributed by atoms with Crippen LogP contribution in [0.2, 0.25) is 0 Å². The van der Waals surface area contributed by atoms with Gasteiger partial charge in [0.2, 0.25) is 0 Å². The van der Waals surface area contributed by atoms with E-state index in [0.29, 0.717) is 19.3 Å². The minimum atomic E-state index is -4.67. The van der Waals surface area contributed by atoms with Crippen molar-refractivity contribution < 1.29 is 52.9 Å². The van der Waals surface area contributed by atoms with E-state index >= 15 is 0 Å². The number of ether oxygens (including phenoxy) is 2. The number of aliphatic hydroxyl groups is 3. The normalized spacial score (nSPS) is 14.7. The summed E-state index contributed by atoms with van der Waals surface area (Å²) in [6.45, 7) is 4.51. The van der Waals surface area contributed by atoms with Crippen molar-refractivity contribution in [2.75, 3.05) is 26.4 Å². The molecule has 1 unspecified atom stereocenters. The first-order valence-electron chi connectivity index (χ1n) is 24.6. The van der Waals surface area contributed by atoms with Crippen LogP contribution in [0.4, 0.5) is 0 Å². The van der Waals surface area contributed by atoms with Crippen LogP contribution in [0.1, 0.15) is 207 Å². The molecule has 0 aliphatic heterocycles. The zero-order chi connectivity index (χ0) is 45.8. The largest absolute Gasteiger partial charge is 0.472 e. The first-order valence-corrected chi connectivity index (χ1v) is 26.1. The highest BCUT2D eigenvalue weighted by molar-refractivity contribution is 7.47. The molecule has 0 spiro atoms. The van der Waals surface area contributed by atoms with E-state index in [1.54, 1.807) is 12.2 Å². The summed E-state index contributed by atoms with van der Waals surface area (Å²) >= 11 is 0. The second kappa shape index (κ2) is 44.1. The second-order valence-corrected chi connectivity index (χ2v) is 18.6. The van der Waals surface area contributed by atoms with Gasteiger partial charge in [0, 0.05) is 12.8 Å². The predicted molar refractivity (Wildman–Crippen MR) is 253 cm³/mol. The number of phosphoric ester groups is 1. The van der Waals surface area contributed by atoms with Crippen LogP contribution in [0.15, 0.2) is 48.6 Å². The van der Waals surface area contributed by atoms with Crippen LogP contribution in [0.5, 0.6) is 0 Å². The molecule has 0 saturated heterocycles. The van der Waals surface area contributed by atoms with Crippen molar-refractivity contribution in [3.8, 4) is 0 Å². The van der Waals surface area contributed by atoms with Gasteiger partial charge in [0.25, 0.3) is 0 Å². The molecule has 11 nitrogen and oxygen atoms in total. The number of allylic oxidation sites excluding steroid dienone is 7. The van der Waals surface area contributed by atoms with Crippen molar-refractivity contribution in [2.45, 2.75) is 225 Å². The summed E-state index contributed by atoms with van der Waals surface area (Å²) in [5.41, 5.74) is 0. The van der Waals surface area contributed by atoms with Crippen LogP contribution in [-0.2, 0) is 32.7 Å². The van der Waals surface area contributed by atoms with Gasteiger partial charge >= 0.3 is 19.8 Å². The molecule has 4 atom stereocenters. The maximum absolute atomic E-state index is 12.7. The summed E-state index contributed by atoms with van der Waals surface area (Å²) in [5.74, 6) is -0.286. The maximum Gasteiger partial charge on any atom is 0.472 e. The van der Waals surface area contributed by atoms with Crippen LogP contribution in [0.25, 0.3) is 0 Å². The fourth-order valence-corrected chi connectivity index (χ4v) is 7.48. The third-order valence-corrected chi connectivity index (χ3v) is 11.5. The summed E-state index contributed by atoms with van der Waals surface area (Å²) in [6, 6.07) is 0. The molecular formula is C50H91O11P. The molecule has 0 saturated carbocycles. The van der Waals surface area contributed by atoms with Crippen LogP contribution in [0, 0.1) is 5.92 Å². The molecule has 0 fully saturated rings. The number of hydrogen-bond acceptors (Lipinski definition) is 10. The van der Waals surface area contributed by atoms with Crippen molar-refractivity contribution in [1.29, 1.82) is 0 Å². The van der Waals surface area contributed by atoms with Crippen molar-refractivity contribution in [2.24, 2.45) is 5.92 Å². The Morgan fingerprint density at radius 3 is 1.66 bits per heavy atom. The van der Waals surface area contributed by atoms with Gasteiger partial charge in [-0.25, -0.2) is 4.57 Å². The molecule has 0 radical (unpaired) electrons. The van der Waals surface area contributed by atoms with E-state index in [9.17, 15) is 29.3 Å². The van der Waals surface area contributed by atoms with Gasteiger partial charge in [-0.3, -0.25) is 18.6 Å². The summed E-state index contributed by atoms with van der Waals surface area (Å²) in [6.07, 6.45) is 44.0. The lowest BCUT2D eigenvalue weighted by Gasteiger charge is -2.20. The highest BCUT2D eigenvalue weighted by Gasteiger charge is 2.27. The Balaban J connectivity index is 4.35. The van der Waals surface area contributed by atoms with Gasteiger partial charge in [-0.15, -0.1) is 0 Å². The van der Waals surface area contributed by atoms with Gasteiger partial charge in [0.05, 0.1) is 25.9 Å². The smallest absolute Gasteiger partial charge is 0.462 e. The molecule has 12 heteroatoms. The lowest BCUT2D eigenvalue weighted by atomic mass is 10.0. The Labute approximate surface area is 377 Å². The number of esters is 2. The number of carbonyl (C=O) groups excluding carboxylic acids is 2. The number of aliphatic hydroxyl groups excluding tert-OH is 3. The van der Waals surface area contributed by atoms with Gasteiger partial charge in [-0.1, -0.05) is 198 Å². The predicted octanol–water partition coefficient (Wildman–Crippen LogP) is 12.5. The second-order valence-electron chi connectivity index (χ2n) is 17.2. The molecule has 0 aromatic carbocycles. The minimum absolute atomic E-state index is 0.0137. The highest BCUT2D eigenvalue weighted by Crippen LogP contribution is 2.43. The molecule has 0 rings (SSSR count). The Bertz CT molecular complexity index is 1200. The molecule has 62 heavy (non-hydrogen) atoms. The van der Waals surface area contributed by atoms with E-state index in [0.717, 1.165) is 44.4 Å². The van der Waals surface area contributed by atoms with Crippen LogP contribution in [0.3, 0.4) is 0 Å². The molecule has 0 aromatic rings. The molecule has 0 aliphatic carbocycles. The summed E-state index contributed by atoms with van der Waals surface area (Å²) in [7, 11) is -4.67. The topological polar surface area (TPSA) is 169 Å². The molecule has 362 valence electrons. The summed E-state index contributed by atoms with van der Waals surface area (Å²) < 4.78 is 32.7. The molecule has 0 aromatic heterocycles. The van der Waals surface area contributed by atoms with Gasteiger partial charge in [-0.2, -0.15) is 0 Å². The molecule has 0 bridgehead atoms. The summed E-state index contributed by atoms with van der Waals surface area (Å²) in [4.78, 5) is 35.1. The van der Waals surface area contributed by atoms with Gasteiger partial charge in [0.1, 0.15) is 12.7 Å². The molecule has 0 heterocycles. The molecule has 0 amide bonds. The number of rotatable bonds is 45. The highest BCUT2D eigenvalue weighted by atomic mass is 31.2. The van der Waals surface area contributed by atoms with Crippen molar-refractivity contribution in [3.05, 3.63) is 48.6 Å². The van der Waals surface area contributed by atoms with Crippen LogP contribution in [-0.4, -0.2) is 76.9 Å². The number of phosphoric acid groups is 1. The fourth-order valence-electron chi connectivity index (χ4n) is 6.69. The zero-order valence-corrected chi connectivity index (χ0v) is 40.3. The summed E-state index contributed by atoms with van der Waals surface area (Å²) in [5, 5.41) is 28.6. The lowest BCUT2D eigenvalue weighted by Crippen LogP contribution is -2.30. The number of unbranched alkanes of at least 4 members (excludes halogenated alkanes) is 20. The Kier molecular flexibility index (Phi) is 42.6. The number of hydrogen-bond donors (Lipinski definition) is 4. The van der Waals surface area contributed by atoms with Crippen LogP contribution < -0.4 is 0 Å². The molecular weight excluding hydrogens is 808 g/mol. The van der Waals surface area contributed by atoms with E-state index in [4.69, 9.17) is 19.1 Å². The standard InChI is InChI=1S/C50H91O11P/c1-4-5-6-7-8-9-10-17-21-24-27-30-33-37-46(52)38-35-40-49(54)58-43-48(44-60-62(56,57)59-42-47(53)41-51)61-50(55)39-34-31-28-25-22-19-16-14-12-11-13-15-18-20-23-26-29-32-36-45(2)3/h8-9,17,21,27,30,33,37,45-48,51-53H,4-7,10-16,18-20,22-26,28-29,31-32,34-36,38-44H2,1-3H3,(H,56,57)/b9-8-,21-17-,30-27-,37-33+/t46-,47+,48-/m1/s1. The first kappa shape index (κ1) is 59.9. The third kappa shape index (κ3) is 44.5. The van der Waals surface area contributed by atoms with Crippen LogP contribution >= 0.6 is 7.82 Å². The van der Waals surface area contributed by atoms with Gasteiger partial charge in [0.15, 0.2) is 6.10 Å². The minimum Gasteiger partial charge on any atom is -0.462 e. The Hall–Kier alpha value is -2.11. The Morgan fingerprint density at radius 2 is 1.10 bits per heavy atom.